The van der Waals surface area contributed by atoms with Crippen LogP contribution in [0.4, 0.5) is 0 Å². The maximum Gasteiger partial charge on any atom is 0.193 e. The van der Waals surface area contributed by atoms with Crippen molar-refractivity contribution in [3.05, 3.63) is 0 Å². The van der Waals surface area contributed by atoms with Crippen LogP contribution in [0.15, 0.2) is 0 Å². The van der Waals surface area contributed by atoms with Crippen LogP contribution in [0.3, 0.4) is 0 Å². The zero-order valence-electron chi connectivity index (χ0n) is 2.56. The third-order valence-corrected chi connectivity index (χ3v) is 0.309. The van der Waals surface area contributed by atoms with Crippen molar-refractivity contribution in [3.63, 3.8) is 0 Å². The molecule has 5 heavy (non-hydrogen) atoms. The molecular formula is C3H3OP. The summed E-state index contributed by atoms with van der Waals surface area (Å²) in [6, 6.07) is 0. The average Bonchev–Trinajstić information content (AvgIpc) is 1.41. The van der Waals surface area contributed by atoms with Crippen molar-refractivity contribution >= 4 is 15.5 Å². The third-order valence-electron chi connectivity index (χ3n) is 0.142. The van der Waals surface area contributed by atoms with Gasteiger partial charge in [-0.2, -0.15) is 0 Å². The lowest BCUT2D eigenvalue weighted by molar-refractivity contribution is -0.103. The minimum absolute atomic E-state index is 0.549. The molecule has 0 bridgehead atoms. The standard InChI is InChI=1S/C3H3OP/c4-2-1-3-5/h2H,5H2. The van der Waals surface area contributed by atoms with E-state index in [-0.39, 0.29) is 0 Å². The first-order valence-corrected chi connectivity index (χ1v) is 1.64. The Labute approximate surface area is 33.0 Å². The molecule has 0 aromatic rings. The van der Waals surface area contributed by atoms with Crippen molar-refractivity contribution in [2.75, 3.05) is 0 Å². The van der Waals surface area contributed by atoms with E-state index in [0.717, 1.165) is 0 Å². The molecule has 0 saturated carbocycles. The van der Waals surface area contributed by atoms with Gasteiger partial charge in [-0.1, -0.05) is 14.9 Å². The van der Waals surface area contributed by atoms with Crippen molar-refractivity contribution in [1.29, 1.82) is 0 Å². The van der Waals surface area contributed by atoms with Gasteiger partial charge in [-0.15, -0.1) is 0 Å². The summed E-state index contributed by atoms with van der Waals surface area (Å²) in [7, 11) is 2.11. The van der Waals surface area contributed by atoms with E-state index in [2.05, 4.69) is 20.8 Å². The number of carbonyl (C=O) groups excluding carboxylic acids is 1. The van der Waals surface area contributed by atoms with Crippen LogP contribution in [0.25, 0.3) is 0 Å². The Bertz CT molecular complexity index is 76.6. The summed E-state index contributed by atoms with van der Waals surface area (Å²) < 4.78 is 0. The van der Waals surface area contributed by atoms with E-state index < -0.39 is 0 Å². The molecule has 0 spiro atoms. The molecule has 2 heteroatoms. The van der Waals surface area contributed by atoms with Crippen LogP contribution in [0.1, 0.15) is 0 Å². The monoisotopic (exact) mass is 86.0 g/mol. The second-order valence-corrected chi connectivity index (χ2v) is 0.695. The molecule has 1 unspecified atom stereocenters. The summed E-state index contributed by atoms with van der Waals surface area (Å²) in [5.74, 6) is 2.14. The van der Waals surface area contributed by atoms with E-state index in [1.54, 1.807) is 0 Å². The molecule has 0 aromatic heterocycles. The zero-order chi connectivity index (χ0) is 4.12. The van der Waals surface area contributed by atoms with E-state index in [1.807, 2.05) is 0 Å². The SMILES string of the molecule is O=CC#CP. The summed E-state index contributed by atoms with van der Waals surface area (Å²) in [5.41, 5.74) is 2.32. The van der Waals surface area contributed by atoms with Gasteiger partial charge in [0, 0.05) is 0 Å². The van der Waals surface area contributed by atoms with Crippen molar-refractivity contribution in [3.8, 4) is 11.6 Å². The van der Waals surface area contributed by atoms with E-state index in [4.69, 9.17) is 0 Å². The number of carbonyl (C=O) groups is 1. The Morgan fingerprint density at radius 3 is 2.40 bits per heavy atom. The highest BCUT2D eigenvalue weighted by molar-refractivity contribution is 7.23. The van der Waals surface area contributed by atoms with Gasteiger partial charge < -0.3 is 0 Å². The van der Waals surface area contributed by atoms with Crippen LogP contribution in [-0.2, 0) is 4.79 Å². The molecule has 0 radical (unpaired) electrons. The minimum Gasteiger partial charge on any atom is -0.289 e. The van der Waals surface area contributed by atoms with Crippen LogP contribution in [-0.4, -0.2) is 6.29 Å². The Morgan fingerprint density at radius 1 is 1.80 bits per heavy atom. The second-order valence-electron chi connectivity index (χ2n) is 0.407. The van der Waals surface area contributed by atoms with Gasteiger partial charge in [-0.25, -0.2) is 0 Å². The molecule has 0 rings (SSSR count). The van der Waals surface area contributed by atoms with Gasteiger partial charge in [0.2, 0.25) is 0 Å². The molecule has 1 nitrogen and oxygen atoms in total. The van der Waals surface area contributed by atoms with E-state index in [0.29, 0.717) is 6.29 Å². The number of hydrogen-bond acceptors (Lipinski definition) is 1. The van der Waals surface area contributed by atoms with E-state index >= 15 is 0 Å². The molecule has 0 fully saturated rings. The topological polar surface area (TPSA) is 17.1 Å². The number of rotatable bonds is 0. The van der Waals surface area contributed by atoms with Gasteiger partial charge in [-0.05, 0) is 5.92 Å². The molecule has 0 aromatic carbocycles. The Morgan fingerprint density at radius 2 is 2.40 bits per heavy atom. The van der Waals surface area contributed by atoms with E-state index in [9.17, 15) is 4.79 Å². The number of aldehydes is 1. The Kier molecular flexibility index (Phi) is 3.41. The highest BCUT2D eigenvalue weighted by atomic mass is 31.0. The van der Waals surface area contributed by atoms with Crippen molar-refractivity contribution < 1.29 is 4.79 Å². The van der Waals surface area contributed by atoms with Crippen molar-refractivity contribution in [1.82, 2.24) is 0 Å². The molecule has 0 aliphatic heterocycles. The zero-order valence-corrected chi connectivity index (χ0v) is 3.72. The third kappa shape index (κ3) is 3.66. The summed E-state index contributed by atoms with van der Waals surface area (Å²) in [6.07, 6.45) is 0.549. The summed E-state index contributed by atoms with van der Waals surface area (Å²) >= 11 is 0. The van der Waals surface area contributed by atoms with Gasteiger partial charge in [0.1, 0.15) is 0 Å². The fraction of sp³-hybridized carbons (Fsp3) is 0. The first kappa shape index (κ1) is 4.66. The van der Waals surface area contributed by atoms with Crippen LogP contribution >= 0.6 is 9.24 Å². The number of hydrogen-bond donors (Lipinski definition) is 0. The molecular weight excluding hydrogens is 83.0 g/mol. The first-order chi connectivity index (χ1) is 2.41. The minimum atomic E-state index is 0.549. The summed E-state index contributed by atoms with van der Waals surface area (Å²) in [4.78, 5) is 9.22. The molecule has 0 N–H and O–H groups in total. The second kappa shape index (κ2) is 3.66. The lowest BCUT2D eigenvalue weighted by Gasteiger charge is -1.42. The van der Waals surface area contributed by atoms with Crippen LogP contribution in [0.2, 0.25) is 0 Å². The molecule has 0 aliphatic carbocycles. The van der Waals surface area contributed by atoms with Gasteiger partial charge in [0.25, 0.3) is 0 Å². The van der Waals surface area contributed by atoms with Gasteiger partial charge in [0.15, 0.2) is 6.29 Å². The molecule has 0 aliphatic rings. The highest BCUT2D eigenvalue weighted by Crippen LogP contribution is 1.63. The van der Waals surface area contributed by atoms with Gasteiger partial charge in [-0.3, -0.25) is 4.79 Å². The highest BCUT2D eigenvalue weighted by Gasteiger charge is 1.43. The molecule has 0 heterocycles. The molecule has 0 saturated heterocycles. The summed E-state index contributed by atoms with van der Waals surface area (Å²) in [5, 5.41) is 0. The largest absolute Gasteiger partial charge is 0.289 e. The predicted octanol–water partition coefficient (Wildman–Crippen LogP) is 0.0213. The first-order valence-electron chi connectivity index (χ1n) is 1.06. The van der Waals surface area contributed by atoms with Crippen molar-refractivity contribution in [2.24, 2.45) is 0 Å². The Hall–Kier alpha value is -0.340. The fourth-order valence-corrected chi connectivity index (χ4v) is 0.102. The fourth-order valence-electron chi connectivity index (χ4n) is 0.0340. The summed E-state index contributed by atoms with van der Waals surface area (Å²) in [6.45, 7) is 0. The average molecular weight is 86.0 g/mol. The van der Waals surface area contributed by atoms with E-state index in [1.165, 1.54) is 0 Å². The quantitative estimate of drug-likeness (QED) is 0.231. The molecule has 26 valence electrons. The van der Waals surface area contributed by atoms with Crippen LogP contribution in [0, 0.1) is 11.6 Å². The Balaban J connectivity index is 3.16. The lowest BCUT2D eigenvalue weighted by atomic mass is 10.8. The smallest absolute Gasteiger partial charge is 0.193 e. The lowest BCUT2D eigenvalue weighted by Crippen LogP contribution is -1.49. The predicted molar refractivity (Wildman–Crippen MR) is 23.5 cm³/mol. The van der Waals surface area contributed by atoms with Gasteiger partial charge in [0.05, 0.1) is 0 Å². The maximum absolute atomic E-state index is 9.22. The van der Waals surface area contributed by atoms with Gasteiger partial charge >= 0.3 is 0 Å². The van der Waals surface area contributed by atoms with Crippen molar-refractivity contribution in [2.45, 2.75) is 0 Å². The van der Waals surface area contributed by atoms with Crippen LogP contribution in [0.5, 0.6) is 0 Å². The normalized spacial score (nSPS) is 4.20. The molecule has 0 amide bonds. The van der Waals surface area contributed by atoms with Crippen LogP contribution < -0.4 is 0 Å². The maximum atomic E-state index is 9.22. The molecule has 1 atom stereocenters.